The van der Waals surface area contributed by atoms with Gasteiger partial charge in [0.1, 0.15) is 23.3 Å². The average Bonchev–Trinajstić information content (AvgIpc) is 4.13. The third-order valence-corrected chi connectivity index (χ3v) is 13.1. The molecule has 0 saturated heterocycles. The van der Waals surface area contributed by atoms with Crippen molar-refractivity contribution in [2.24, 2.45) is 11.8 Å². The second-order valence-electron chi connectivity index (χ2n) is 16.8. The first-order valence-electron chi connectivity index (χ1n) is 20.4. The number of rotatable bonds is 8. The Bertz CT molecular complexity index is 2130. The van der Waals surface area contributed by atoms with E-state index >= 15 is 0 Å². The second-order valence-corrected chi connectivity index (χ2v) is 16.8. The van der Waals surface area contributed by atoms with Crippen molar-refractivity contribution in [3.05, 3.63) is 143 Å². The van der Waals surface area contributed by atoms with Gasteiger partial charge in [-0.3, -0.25) is 0 Å². The van der Waals surface area contributed by atoms with E-state index in [-0.39, 0.29) is 23.7 Å². The highest BCUT2D eigenvalue weighted by atomic mass is 19.1. The minimum atomic E-state index is -0.543. The molecule has 292 valence electrons. The molecule has 6 aromatic rings. The molecule has 2 aromatic carbocycles. The fourth-order valence-electron chi connectivity index (χ4n) is 9.77. The van der Waals surface area contributed by atoms with Gasteiger partial charge in [-0.1, -0.05) is 12.1 Å². The van der Waals surface area contributed by atoms with E-state index in [1.54, 1.807) is 12.7 Å². The van der Waals surface area contributed by atoms with Gasteiger partial charge in [0, 0.05) is 12.1 Å². The van der Waals surface area contributed by atoms with E-state index in [0.717, 1.165) is 97.0 Å². The topological polar surface area (TPSA) is 75.1 Å². The number of fused-ring (bicyclic) bond motifs is 2. The largest absolute Gasteiger partial charge is 0.387 e. The lowest BCUT2D eigenvalue weighted by molar-refractivity contribution is 0.0752. The summed E-state index contributed by atoms with van der Waals surface area (Å²) in [4.78, 5) is 8.52. The summed E-state index contributed by atoms with van der Waals surface area (Å²) >= 11 is 0. The van der Waals surface area contributed by atoms with Gasteiger partial charge in [0.2, 0.25) is 0 Å². The summed E-state index contributed by atoms with van der Waals surface area (Å²) in [5.74, 6) is -0.361. The first-order valence-corrected chi connectivity index (χ1v) is 20.4. The Kier molecular flexibility index (Phi) is 10.2. The number of nitrogens with zero attached hydrogens (tertiary/aromatic N) is 4. The van der Waals surface area contributed by atoms with Gasteiger partial charge in [0.15, 0.2) is 0 Å². The number of benzene rings is 2. The highest BCUT2D eigenvalue weighted by Gasteiger charge is 2.36. The predicted molar refractivity (Wildman–Crippen MR) is 206 cm³/mol. The molecule has 10 heteroatoms. The summed E-state index contributed by atoms with van der Waals surface area (Å²) in [5.41, 5.74) is 7.93. The molecule has 2 atom stereocenters. The van der Waals surface area contributed by atoms with Crippen LogP contribution in [0.1, 0.15) is 147 Å². The van der Waals surface area contributed by atoms with Crippen LogP contribution in [-0.2, 0) is 0 Å². The molecule has 4 fully saturated rings. The maximum absolute atomic E-state index is 13.6. The van der Waals surface area contributed by atoms with Crippen LogP contribution >= 0.6 is 0 Å². The van der Waals surface area contributed by atoms with Crippen LogP contribution in [0.15, 0.2) is 85.7 Å². The highest BCUT2D eigenvalue weighted by molar-refractivity contribution is 5.51. The molecule has 0 amide bonds. The first-order chi connectivity index (χ1) is 27.2. The third-order valence-electron chi connectivity index (χ3n) is 13.1. The molecular weight excluding hydrogens is 717 g/mol. The molecule has 0 bridgehead atoms. The lowest BCUT2D eigenvalue weighted by Crippen LogP contribution is -2.22. The van der Waals surface area contributed by atoms with Crippen LogP contribution in [0.3, 0.4) is 0 Å². The quantitative estimate of drug-likeness (QED) is 0.151. The minimum absolute atomic E-state index is 0.153. The number of aliphatic hydroxyl groups excluding tert-OH is 2. The van der Waals surface area contributed by atoms with Crippen molar-refractivity contribution in [2.45, 2.75) is 113 Å². The zero-order valence-corrected chi connectivity index (χ0v) is 31.4. The number of pyridine rings is 2. The molecule has 10 rings (SSSR count). The van der Waals surface area contributed by atoms with E-state index in [2.05, 4.69) is 34.2 Å². The van der Waals surface area contributed by atoms with Crippen LogP contribution in [0.25, 0.3) is 11.0 Å². The van der Waals surface area contributed by atoms with Crippen molar-refractivity contribution in [1.82, 2.24) is 18.8 Å². The average molecular weight is 765 g/mol. The van der Waals surface area contributed by atoms with Gasteiger partial charge in [-0.2, -0.15) is 0 Å². The SMILES string of the molecule is O[C@@H](c1c(C2CC2)ccc2cncn12)C1CCC(c2cc(F)cc(F)c2)CC1.O[C@H](c1c(C2CC2)ccc2cncn12)C1CCC(c2cc(F)cc(F)c2)CC1. The smallest absolute Gasteiger partial charge is 0.126 e. The van der Waals surface area contributed by atoms with E-state index in [0.29, 0.717) is 11.8 Å². The molecule has 4 aliphatic rings. The summed E-state index contributed by atoms with van der Waals surface area (Å²) in [6, 6.07) is 16.1. The number of hydrogen-bond donors (Lipinski definition) is 2. The number of aromatic nitrogens is 4. The van der Waals surface area contributed by atoms with Crippen molar-refractivity contribution in [3.8, 4) is 0 Å². The van der Waals surface area contributed by atoms with Crippen molar-refractivity contribution >= 4 is 11.0 Å². The number of imidazole rings is 2. The van der Waals surface area contributed by atoms with Crippen LogP contribution in [0.2, 0.25) is 0 Å². The molecule has 0 unspecified atom stereocenters. The molecule has 2 N–H and O–H groups in total. The summed E-state index contributed by atoms with van der Waals surface area (Å²) in [6.07, 6.45) is 17.6. The maximum atomic E-state index is 13.6. The predicted octanol–water partition coefficient (Wildman–Crippen LogP) is 11.0. The van der Waals surface area contributed by atoms with Gasteiger partial charge in [-0.15, -0.1) is 0 Å². The Labute approximate surface area is 324 Å². The van der Waals surface area contributed by atoms with Crippen LogP contribution in [0.5, 0.6) is 0 Å². The van der Waals surface area contributed by atoms with Crippen LogP contribution in [-0.4, -0.2) is 29.0 Å². The Morgan fingerprint density at radius 1 is 0.464 bits per heavy atom. The van der Waals surface area contributed by atoms with E-state index in [9.17, 15) is 27.8 Å². The molecule has 4 aliphatic carbocycles. The standard InChI is InChI=1S/2C23H24F2N2O/c2*24-18-9-17(10-19(25)11-18)14-1-5-16(6-2-14)23(28)22-21(15-3-4-15)8-7-20-12-26-13-27(20)22/h2*7-16,23,28H,1-6H2/t2*14?,16?,23-/m10/s1. The van der Waals surface area contributed by atoms with Gasteiger partial charge in [0.25, 0.3) is 0 Å². The van der Waals surface area contributed by atoms with E-state index in [1.807, 2.05) is 21.2 Å². The van der Waals surface area contributed by atoms with Gasteiger partial charge in [-0.05, 0) is 171 Å². The number of aliphatic hydroxyl groups is 2. The zero-order chi connectivity index (χ0) is 38.5. The van der Waals surface area contributed by atoms with Gasteiger partial charge < -0.3 is 19.0 Å². The molecule has 0 aliphatic heterocycles. The van der Waals surface area contributed by atoms with Crippen molar-refractivity contribution in [3.63, 3.8) is 0 Å². The zero-order valence-electron chi connectivity index (χ0n) is 31.4. The molecule has 56 heavy (non-hydrogen) atoms. The fraction of sp³-hybridized carbons (Fsp3) is 0.435. The molecule has 4 saturated carbocycles. The summed E-state index contributed by atoms with van der Waals surface area (Å²) in [5, 5.41) is 22.6. The number of halogens is 4. The Morgan fingerprint density at radius 2 is 0.804 bits per heavy atom. The molecule has 6 nitrogen and oxygen atoms in total. The van der Waals surface area contributed by atoms with Crippen LogP contribution < -0.4 is 0 Å². The summed E-state index contributed by atoms with van der Waals surface area (Å²) < 4.78 is 58.3. The van der Waals surface area contributed by atoms with Gasteiger partial charge in [-0.25, -0.2) is 27.5 Å². The Morgan fingerprint density at radius 3 is 1.14 bits per heavy atom. The highest BCUT2D eigenvalue weighted by Crippen LogP contribution is 2.49. The van der Waals surface area contributed by atoms with E-state index in [1.165, 1.54) is 61.1 Å². The maximum Gasteiger partial charge on any atom is 0.126 e. The minimum Gasteiger partial charge on any atom is -0.387 e. The third kappa shape index (κ3) is 7.62. The molecule has 0 spiro atoms. The van der Waals surface area contributed by atoms with E-state index in [4.69, 9.17) is 0 Å². The van der Waals surface area contributed by atoms with Gasteiger partial charge in [0.05, 0.1) is 59.7 Å². The second kappa shape index (κ2) is 15.4. The number of hydrogen-bond acceptors (Lipinski definition) is 4. The molecule has 4 aromatic heterocycles. The summed E-state index contributed by atoms with van der Waals surface area (Å²) in [6.45, 7) is 0. The first kappa shape index (κ1) is 37.1. The van der Waals surface area contributed by atoms with Crippen LogP contribution in [0, 0.1) is 35.1 Å². The Balaban J connectivity index is 0.000000146. The lowest BCUT2D eigenvalue weighted by Gasteiger charge is -2.33. The van der Waals surface area contributed by atoms with Gasteiger partial charge >= 0.3 is 0 Å². The van der Waals surface area contributed by atoms with Crippen molar-refractivity contribution in [1.29, 1.82) is 0 Å². The monoisotopic (exact) mass is 764 g/mol. The molecular formula is C46H48F4N4O2. The lowest BCUT2D eigenvalue weighted by atomic mass is 9.75. The Hall–Kier alpha value is -4.54. The fourth-order valence-corrected chi connectivity index (χ4v) is 9.77. The molecule has 0 radical (unpaired) electrons. The van der Waals surface area contributed by atoms with Crippen LogP contribution in [0.4, 0.5) is 17.6 Å². The van der Waals surface area contributed by atoms with Crippen molar-refractivity contribution < 1.29 is 27.8 Å². The summed E-state index contributed by atoms with van der Waals surface area (Å²) in [7, 11) is 0. The van der Waals surface area contributed by atoms with Crippen molar-refractivity contribution in [2.75, 3.05) is 0 Å². The normalized spacial score (nSPS) is 23.8. The van der Waals surface area contributed by atoms with E-state index < -0.39 is 35.5 Å². The molecule has 4 heterocycles.